The van der Waals surface area contributed by atoms with Gasteiger partial charge < -0.3 is 0 Å². The largest absolute Gasteiger partial charge is 0.259 e. The molecular formula is C8H4Cl2F2N2S. The van der Waals surface area contributed by atoms with Crippen molar-refractivity contribution in [3.05, 3.63) is 45.7 Å². The molecule has 0 aliphatic heterocycles. The number of halogens is 4. The molecule has 0 fully saturated rings. The second-order valence-corrected chi connectivity index (χ2v) is 3.67. The monoisotopic (exact) mass is 268 g/mol. The normalized spacial score (nSPS) is 9.33. The Morgan fingerprint density at radius 1 is 1.13 bits per heavy atom. The first-order valence-corrected chi connectivity index (χ1v) is 5.20. The third-order valence-corrected chi connectivity index (χ3v) is 2.69. The highest BCUT2D eigenvalue weighted by molar-refractivity contribution is 7.04. The zero-order valence-electron chi connectivity index (χ0n) is 7.12. The predicted octanol–water partition coefficient (Wildman–Crippen LogP) is 3.81. The lowest BCUT2D eigenvalue weighted by Crippen LogP contribution is -1.78. The Balaban J connectivity index is 0.000000151. The van der Waals surface area contributed by atoms with E-state index < -0.39 is 11.6 Å². The van der Waals surface area contributed by atoms with E-state index in [2.05, 4.69) is 9.36 Å². The van der Waals surface area contributed by atoms with Gasteiger partial charge in [0.05, 0.1) is 17.4 Å². The van der Waals surface area contributed by atoms with Crippen molar-refractivity contribution in [1.82, 2.24) is 9.36 Å². The van der Waals surface area contributed by atoms with Crippen LogP contribution in [0.3, 0.4) is 0 Å². The number of aromatic nitrogens is 2. The fourth-order valence-corrected chi connectivity index (χ4v) is 1.50. The summed E-state index contributed by atoms with van der Waals surface area (Å²) < 4.78 is 27.4. The lowest BCUT2D eigenvalue weighted by Gasteiger charge is -1.83. The smallest absolute Gasteiger partial charge is 0.161 e. The minimum absolute atomic E-state index is 0.395. The molecule has 0 aliphatic rings. The SMILES string of the molecule is Clc1csnc1Cl.Fc1cncc(F)c1. The van der Waals surface area contributed by atoms with E-state index in [0.29, 0.717) is 10.2 Å². The molecule has 15 heavy (non-hydrogen) atoms. The fraction of sp³-hybridized carbons (Fsp3) is 0. The van der Waals surface area contributed by atoms with Crippen molar-refractivity contribution in [2.24, 2.45) is 0 Å². The van der Waals surface area contributed by atoms with Gasteiger partial charge in [-0.3, -0.25) is 4.98 Å². The van der Waals surface area contributed by atoms with E-state index in [9.17, 15) is 8.78 Å². The molecule has 0 atom stereocenters. The summed E-state index contributed by atoms with van der Waals surface area (Å²) >= 11 is 12.1. The van der Waals surface area contributed by atoms with Gasteiger partial charge in [0.15, 0.2) is 5.15 Å². The van der Waals surface area contributed by atoms with Crippen molar-refractivity contribution in [2.75, 3.05) is 0 Å². The minimum atomic E-state index is -0.648. The molecular weight excluding hydrogens is 265 g/mol. The van der Waals surface area contributed by atoms with Crippen molar-refractivity contribution in [3.8, 4) is 0 Å². The van der Waals surface area contributed by atoms with Crippen LogP contribution >= 0.6 is 34.7 Å². The fourth-order valence-electron chi connectivity index (χ4n) is 0.597. The van der Waals surface area contributed by atoms with Gasteiger partial charge in [0, 0.05) is 11.4 Å². The first-order valence-electron chi connectivity index (χ1n) is 3.61. The van der Waals surface area contributed by atoms with Crippen molar-refractivity contribution < 1.29 is 8.78 Å². The lowest BCUT2D eigenvalue weighted by atomic mass is 10.5. The highest BCUT2D eigenvalue weighted by atomic mass is 35.5. The van der Waals surface area contributed by atoms with Gasteiger partial charge in [-0.25, -0.2) is 8.78 Å². The molecule has 2 aromatic heterocycles. The van der Waals surface area contributed by atoms with Crippen molar-refractivity contribution >= 4 is 34.7 Å². The van der Waals surface area contributed by atoms with Gasteiger partial charge in [-0.2, -0.15) is 4.37 Å². The summed E-state index contributed by atoms with van der Waals surface area (Å²) in [4.78, 5) is 3.23. The maximum atomic E-state index is 11.9. The van der Waals surface area contributed by atoms with E-state index in [0.717, 1.165) is 18.5 Å². The lowest BCUT2D eigenvalue weighted by molar-refractivity contribution is 0.573. The number of nitrogens with zero attached hydrogens (tertiary/aromatic N) is 2. The molecule has 0 N–H and O–H groups in total. The average molecular weight is 269 g/mol. The third-order valence-electron chi connectivity index (χ3n) is 1.16. The van der Waals surface area contributed by atoms with Crippen LogP contribution in [0.1, 0.15) is 0 Å². The molecule has 0 unspecified atom stereocenters. The van der Waals surface area contributed by atoms with Gasteiger partial charge in [0.1, 0.15) is 11.6 Å². The summed E-state index contributed by atoms with van der Waals surface area (Å²) in [5, 5.41) is 2.61. The summed E-state index contributed by atoms with van der Waals surface area (Å²) in [6.07, 6.45) is 1.90. The summed E-state index contributed by atoms with van der Waals surface area (Å²) in [5.74, 6) is -1.30. The Labute approximate surface area is 98.7 Å². The predicted molar refractivity (Wildman–Crippen MR) is 56.3 cm³/mol. The summed E-state index contributed by atoms with van der Waals surface area (Å²) in [6.45, 7) is 0. The van der Waals surface area contributed by atoms with Gasteiger partial charge in [0.2, 0.25) is 0 Å². The van der Waals surface area contributed by atoms with Gasteiger partial charge in [-0.1, -0.05) is 23.2 Å². The maximum Gasteiger partial charge on any atom is 0.161 e. The molecule has 2 rings (SSSR count). The molecule has 80 valence electrons. The van der Waals surface area contributed by atoms with E-state index in [1.807, 2.05) is 0 Å². The second kappa shape index (κ2) is 5.95. The van der Waals surface area contributed by atoms with E-state index in [1.54, 1.807) is 5.38 Å². The number of rotatable bonds is 0. The molecule has 0 saturated heterocycles. The van der Waals surface area contributed by atoms with Crippen LogP contribution in [0.4, 0.5) is 8.78 Å². The van der Waals surface area contributed by atoms with Crippen LogP contribution in [0.2, 0.25) is 10.2 Å². The zero-order valence-corrected chi connectivity index (χ0v) is 9.45. The third kappa shape index (κ3) is 4.51. The Bertz CT molecular complexity index is 402. The molecule has 2 heterocycles. The summed E-state index contributed by atoms with van der Waals surface area (Å²) in [5.41, 5.74) is 0. The number of pyridine rings is 1. The van der Waals surface area contributed by atoms with Crippen LogP contribution in [0.5, 0.6) is 0 Å². The highest BCUT2D eigenvalue weighted by Crippen LogP contribution is 2.20. The van der Waals surface area contributed by atoms with Crippen LogP contribution in [-0.2, 0) is 0 Å². The molecule has 2 nitrogen and oxygen atoms in total. The summed E-state index contributed by atoms with van der Waals surface area (Å²) in [6, 6.07) is 0.771. The van der Waals surface area contributed by atoms with Crippen molar-refractivity contribution in [2.45, 2.75) is 0 Å². The highest BCUT2D eigenvalue weighted by Gasteiger charge is 1.94. The zero-order chi connectivity index (χ0) is 11.3. The molecule has 0 saturated carbocycles. The van der Waals surface area contributed by atoms with Gasteiger partial charge in [0.25, 0.3) is 0 Å². The van der Waals surface area contributed by atoms with E-state index in [1.165, 1.54) is 11.5 Å². The van der Waals surface area contributed by atoms with Crippen LogP contribution in [0.15, 0.2) is 23.8 Å². The van der Waals surface area contributed by atoms with Crippen molar-refractivity contribution in [1.29, 1.82) is 0 Å². The molecule has 7 heteroatoms. The van der Waals surface area contributed by atoms with E-state index >= 15 is 0 Å². The Hall–Kier alpha value is -0.780. The molecule has 0 radical (unpaired) electrons. The molecule has 0 aromatic carbocycles. The maximum absolute atomic E-state index is 11.9. The second-order valence-electron chi connectivity index (χ2n) is 2.27. The van der Waals surface area contributed by atoms with Crippen LogP contribution in [0, 0.1) is 11.6 Å². The first-order chi connectivity index (χ1) is 7.09. The molecule has 0 spiro atoms. The molecule has 2 aromatic rings. The number of hydrogen-bond donors (Lipinski definition) is 0. The minimum Gasteiger partial charge on any atom is -0.259 e. The Kier molecular flexibility index (Phi) is 4.87. The quantitative estimate of drug-likeness (QED) is 0.726. The number of hydrogen-bond acceptors (Lipinski definition) is 3. The first kappa shape index (κ1) is 12.3. The topological polar surface area (TPSA) is 25.8 Å². The average Bonchev–Trinajstić information content (AvgIpc) is 2.51. The van der Waals surface area contributed by atoms with E-state index in [4.69, 9.17) is 23.2 Å². The van der Waals surface area contributed by atoms with Crippen molar-refractivity contribution in [3.63, 3.8) is 0 Å². The van der Waals surface area contributed by atoms with Gasteiger partial charge >= 0.3 is 0 Å². The summed E-state index contributed by atoms with van der Waals surface area (Å²) in [7, 11) is 0. The molecule has 0 bridgehead atoms. The van der Waals surface area contributed by atoms with Gasteiger partial charge in [-0.05, 0) is 11.5 Å². The molecule has 0 amide bonds. The molecule has 0 aliphatic carbocycles. The Morgan fingerprint density at radius 2 is 1.73 bits per heavy atom. The standard InChI is InChI=1S/C5H3F2N.C3HCl2NS/c6-4-1-5(7)3-8-2-4;4-2-1-7-6-3(2)5/h1-3H;1H. The Morgan fingerprint density at radius 3 is 1.93 bits per heavy atom. The van der Waals surface area contributed by atoms with Gasteiger partial charge in [-0.15, -0.1) is 0 Å². The van der Waals surface area contributed by atoms with Crippen LogP contribution in [-0.4, -0.2) is 9.36 Å². The van der Waals surface area contributed by atoms with E-state index in [-0.39, 0.29) is 0 Å². The van der Waals surface area contributed by atoms with Crippen LogP contribution < -0.4 is 0 Å². The van der Waals surface area contributed by atoms with Crippen LogP contribution in [0.25, 0.3) is 0 Å².